The summed E-state index contributed by atoms with van der Waals surface area (Å²) >= 11 is 0. The lowest BCUT2D eigenvalue weighted by atomic mass is 10.0. The maximum Gasteiger partial charge on any atom is 0.408 e. The van der Waals surface area contributed by atoms with Gasteiger partial charge in [0.2, 0.25) is 0 Å². The molecule has 1 aliphatic heterocycles. The zero-order valence-corrected chi connectivity index (χ0v) is 12.6. The Morgan fingerprint density at radius 2 is 1.95 bits per heavy atom. The van der Waals surface area contributed by atoms with E-state index in [-0.39, 0.29) is 24.3 Å². The largest absolute Gasteiger partial charge is 0.444 e. The number of amides is 1. The minimum Gasteiger partial charge on any atom is -0.444 e. The topological polar surface area (TPSA) is 50.9 Å². The van der Waals surface area contributed by atoms with E-state index < -0.39 is 5.60 Å². The van der Waals surface area contributed by atoms with Gasteiger partial charge >= 0.3 is 6.09 Å². The van der Waals surface area contributed by atoms with Crippen LogP contribution in [-0.2, 0) is 9.47 Å². The Morgan fingerprint density at radius 1 is 1.35 bits per heavy atom. The minimum absolute atomic E-state index is 0.0824. The highest BCUT2D eigenvalue weighted by Crippen LogP contribution is 2.31. The fraction of sp³-hybridized carbons (Fsp3) is 0.562. The average Bonchev–Trinajstić information content (AvgIpc) is 3.03. The van der Waals surface area contributed by atoms with Gasteiger partial charge in [0.15, 0.2) is 0 Å². The maximum atomic E-state index is 12.0. The van der Waals surface area contributed by atoms with Gasteiger partial charge in [0.25, 0.3) is 0 Å². The number of epoxide rings is 1. The van der Waals surface area contributed by atoms with Crippen molar-refractivity contribution in [2.75, 3.05) is 0 Å². The number of carbonyl (C=O) groups is 1. The monoisotopic (exact) mass is 277 g/mol. The van der Waals surface area contributed by atoms with E-state index in [0.717, 1.165) is 12.0 Å². The van der Waals surface area contributed by atoms with Crippen molar-refractivity contribution in [1.29, 1.82) is 0 Å². The van der Waals surface area contributed by atoms with Crippen LogP contribution in [0.1, 0.15) is 45.7 Å². The van der Waals surface area contributed by atoms with Gasteiger partial charge in [-0.15, -0.1) is 0 Å². The summed E-state index contributed by atoms with van der Waals surface area (Å²) in [5, 5.41) is 2.94. The molecule has 0 saturated carbocycles. The van der Waals surface area contributed by atoms with Gasteiger partial charge in [-0.25, -0.2) is 4.79 Å². The van der Waals surface area contributed by atoms with Crippen molar-refractivity contribution >= 4 is 6.09 Å². The molecule has 20 heavy (non-hydrogen) atoms. The standard InChI is InChI=1S/C16H23NO3/c1-11-14(19-11)10-13(12-8-6-5-7-9-12)17-15(18)20-16(2,3)4/h5-9,11,13-14H,10H2,1-4H3,(H,17,18). The molecule has 4 heteroatoms. The lowest BCUT2D eigenvalue weighted by Crippen LogP contribution is -2.35. The summed E-state index contributed by atoms with van der Waals surface area (Å²) < 4.78 is 10.8. The Labute approximate surface area is 120 Å². The normalized spacial score (nSPS) is 23.0. The van der Waals surface area contributed by atoms with E-state index in [9.17, 15) is 4.79 Å². The van der Waals surface area contributed by atoms with E-state index in [1.807, 2.05) is 58.0 Å². The molecule has 1 N–H and O–H groups in total. The second-order valence-corrected chi connectivity index (χ2v) is 6.22. The maximum absolute atomic E-state index is 12.0. The van der Waals surface area contributed by atoms with Gasteiger partial charge in [0.1, 0.15) is 5.60 Å². The predicted molar refractivity (Wildman–Crippen MR) is 77.5 cm³/mol. The van der Waals surface area contributed by atoms with Gasteiger partial charge in [-0.2, -0.15) is 0 Å². The SMILES string of the molecule is CC1OC1CC(NC(=O)OC(C)(C)C)c1ccccc1. The molecule has 110 valence electrons. The smallest absolute Gasteiger partial charge is 0.408 e. The molecule has 1 aliphatic rings. The molecule has 1 aromatic rings. The van der Waals surface area contributed by atoms with Crippen molar-refractivity contribution in [3.8, 4) is 0 Å². The molecular formula is C16H23NO3. The van der Waals surface area contributed by atoms with Gasteiger partial charge in [-0.3, -0.25) is 0 Å². The molecule has 1 fully saturated rings. The fourth-order valence-corrected chi connectivity index (χ4v) is 2.12. The molecule has 1 saturated heterocycles. The summed E-state index contributed by atoms with van der Waals surface area (Å²) in [5.74, 6) is 0. The van der Waals surface area contributed by atoms with Crippen molar-refractivity contribution in [1.82, 2.24) is 5.32 Å². The summed E-state index contributed by atoms with van der Waals surface area (Å²) in [6, 6.07) is 9.84. The van der Waals surface area contributed by atoms with Crippen LogP contribution in [0, 0.1) is 0 Å². The van der Waals surface area contributed by atoms with Crippen molar-refractivity contribution < 1.29 is 14.3 Å². The molecule has 3 atom stereocenters. The Morgan fingerprint density at radius 3 is 2.45 bits per heavy atom. The Kier molecular flexibility index (Phi) is 4.33. The molecule has 0 spiro atoms. The van der Waals surface area contributed by atoms with Crippen LogP contribution in [0.5, 0.6) is 0 Å². The van der Waals surface area contributed by atoms with Crippen molar-refractivity contribution in [3.05, 3.63) is 35.9 Å². The van der Waals surface area contributed by atoms with Gasteiger partial charge in [0, 0.05) is 6.42 Å². The van der Waals surface area contributed by atoms with Crippen LogP contribution in [0.3, 0.4) is 0 Å². The molecular weight excluding hydrogens is 254 g/mol. The predicted octanol–water partition coefficient (Wildman–Crippen LogP) is 3.43. The van der Waals surface area contributed by atoms with E-state index in [1.54, 1.807) is 0 Å². The van der Waals surface area contributed by atoms with E-state index in [4.69, 9.17) is 9.47 Å². The number of rotatable bonds is 4. The van der Waals surface area contributed by atoms with E-state index in [2.05, 4.69) is 5.32 Å². The third-order valence-electron chi connectivity index (χ3n) is 3.20. The number of hydrogen-bond donors (Lipinski definition) is 1. The number of hydrogen-bond acceptors (Lipinski definition) is 3. The van der Waals surface area contributed by atoms with Crippen molar-refractivity contribution in [3.63, 3.8) is 0 Å². The highest BCUT2D eigenvalue weighted by Gasteiger charge is 2.37. The van der Waals surface area contributed by atoms with Crippen LogP contribution < -0.4 is 5.32 Å². The van der Waals surface area contributed by atoms with Crippen LogP contribution >= 0.6 is 0 Å². The summed E-state index contributed by atoms with van der Waals surface area (Å²) in [7, 11) is 0. The van der Waals surface area contributed by atoms with Crippen LogP contribution in [0.15, 0.2) is 30.3 Å². The third-order valence-corrected chi connectivity index (χ3v) is 3.20. The Hall–Kier alpha value is -1.55. The number of ether oxygens (including phenoxy) is 2. The van der Waals surface area contributed by atoms with Gasteiger partial charge in [0.05, 0.1) is 18.2 Å². The van der Waals surface area contributed by atoms with Crippen molar-refractivity contribution in [2.45, 2.75) is 58.0 Å². The second kappa shape index (κ2) is 5.83. The Bertz CT molecular complexity index is 453. The molecule has 0 aromatic heterocycles. The highest BCUT2D eigenvalue weighted by atomic mass is 16.6. The first-order chi connectivity index (χ1) is 9.35. The molecule has 1 amide bonds. The highest BCUT2D eigenvalue weighted by molar-refractivity contribution is 5.68. The molecule has 2 rings (SSSR count). The molecule has 3 unspecified atom stereocenters. The number of benzene rings is 1. The zero-order valence-electron chi connectivity index (χ0n) is 12.6. The number of nitrogens with one attached hydrogen (secondary N) is 1. The van der Waals surface area contributed by atoms with E-state index >= 15 is 0 Å². The van der Waals surface area contributed by atoms with Crippen LogP contribution in [0.25, 0.3) is 0 Å². The molecule has 1 aromatic carbocycles. The molecule has 0 bridgehead atoms. The third kappa shape index (κ3) is 4.53. The van der Waals surface area contributed by atoms with Gasteiger partial charge < -0.3 is 14.8 Å². The quantitative estimate of drug-likeness (QED) is 0.858. The number of alkyl carbamates (subject to hydrolysis) is 1. The lowest BCUT2D eigenvalue weighted by Gasteiger charge is -2.23. The fourth-order valence-electron chi connectivity index (χ4n) is 2.12. The molecule has 1 heterocycles. The molecule has 0 radical (unpaired) electrons. The van der Waals surface area contributed by atoms with E-state index in [1.165, 1.54) is 0 Å². The summed E-state index contributed by atoms with van der Waals surface area (Å²) in [6.07, 6.45) is 0.876. The lowest BCUT2D eigenvalue weighted by molar-refractivity contribution is 0.0499. The van der Waals surface area contributed by atoms with Crippen LogP contribution in [0.2, 0.25) is 0 Å². The molecule has 0 aliphatic carbocycles. The average molecular weight is 277 g/mol. The van der Waals surface area contributed by atoms with Crippen molar-refractivity contribution in [2.24, 2.45) is 0 Å². The first kappa shape index (κ1) is 14.9. The minimum atomic E-state index is -0.491. The van der Waals surface area contributed by atoms with Crippen LogP contribution in [-0.4, -0.2) is 23.9 Å². The molecule has 4 nitrogen and oxygen atoms in total. The summed E-state index contributed by atoms with van der Waals surface area (Å²) in [6.45, 7) is 7.61. The first-order valence-electron chi connectivity index (χ1n) is 7.05. The van der Waals surface area contributed by atoms with Gasteiger partial charge in [-0.1, -0.05) is 30.3 Å². The zero-order chi connectivity index (χ0) is 14.8. The Balaban J connectivity index is 2.01. The van der Waals surface area contributed by atoms with E-state index in [0.29, 0.717) is 0 Å². The second-order valence-electron chi connectivity index (χ2n) is 6.22. The van der Waals surface area contributed by atoms with Crippen LogP contribution in [0.4, 0.5) is 4.79 Å². The first-order valence-corrected chi connectivity index (χ1v) is 7.05. The summed E-state index contributed by atoms with van der Waals surface area (Å²) in [5.41, 5.74) is 0.579. The summed E-state index contributed by atoms with van der Waals surface area (Å²) in [4.78, 5) is 12.0. The number of carbonyl (C=O) groups excluding carboxylic acids is 1. The van der Waals surface area contributed by atoms with Gasteiger partial charge in [-0.05, 0) is 33.3 Å².